The van der Waals surface area contributed by atoms with Crippen LogP contribution >= 0.6 is 0 Å². The lowest BCUT2D eigenvalue weighted by molar-refractivity contribution is -0.353. The average molecular weight is 903 g/mol. The van der Waals surface area contributed by atoms with Crippen molar-refractivity contribution in [2.75, 3.05) is 19.8 Å². The third-order valence-electron chi connectivity index (χ3n) is 17.9. The van der Waals surface area contributed by atoms with Crippen molar-refractivity contribution in [1.82, 2.24) is 0 Å². The second kappa shape index (κ2) is 18.2. The van der Waals surface area contributed by atoms with E-state index in [-0.39, 0.29) is 47.7 Å². The summed E-state index contributed by atoms with van der Waals surface area (Å²) in [5.74, 6) is -0.551. The van der Waals surface area contributed by atoms with Crippen LogP contribution in [0.25, 0.3) is 0 Å². The van der Waals surface area contributed by atoms with E-state index in [0.29, 0.717) is 38.5 Å². The largest absolute Gasteiger partial charge is 0.393 e. The van der Waals surface area contributed by atoms with Gasteiger partial charge in [-0.2, -0.15) is 0 Å². The van der Waals surface area contributed by atoms with E-state index in [4.69, 9.17) is 28.4 Å². The lowest BCUT2D eigenvalue weighted by Gasteiger charge is -2.71. The van der Waals surface area contributed by atoms with Crippen molar-refractivity contribution in [3.05, 3.63) is 11.6 Å². The summed E-state index contributed by atoms with van der Waals surface area (Å²) in [6.07, 6.45) is -14.7. The molecule has 7 aliphatic rings. The summed E-state index contributed by atoms with van der Waals surface area (Å²) in [6.45, 7) is 15.7. The molecule has 24 unspecified atom stereocenters. The fourth-order valence-corrected chi connectivity index (χ4v) is 14.3. The predicted molar refractivity (Wildman–Crippen MR) is 223 cm³/mol. The lowest BCUT2D eigenvalue weighted by atomic mass is 9.34. The molecule has 0 aromatic heterocycles. The van der Waals surface area contributed by atoms with Gasteiger partial charge in [0.25, 0.3) is 0 Å². The third kappa shape index (κ3) is 8.53. The normalized spacial score (nSPS) is 53.1. The maximum atomic E-state index is 12.5. The Hall–Kier alpha value is -0.940. The third-order valence-corrected chi connectivity index (χ3v) is 17.9. The number of hydrogen-bond acceptors (Lipinski definition) is 17. The molecule has 4 aliphatic carbocycles. The molecule has 0 amide bonds. The highest BCUT2D eigenvalue weighted by Crippen LogP contribution is 2.76. The van der Waals surface area contributed by atoms with Crippen LogP contribution in [-0.4, -0.2) is 180 Å². The minimum absolute atomic E-state index is 0.0878. The van der Waals surface area contributed by atoms with Gasteiger partial charge in [-0.15, -0.1) is 0 Å². The van der Waals surface area contributed by atoms with Gasteiger partial charge in [0.2, 0.25) is 0 Å². The molecule has 3 aliphatic heterocycles. The van der Waals surface area contributed by atoms with Crippen molar-refractivity contribution in [3.8, 4) is 0 Å². The van der Waals surface area contributed by atoms with Crippen LogP contribution in [0.1, 0.15) is 107 Å². The van der Waals surface area contributed by atoms with Gasteiger partial charge < -0.3 is 84.6 Å². The van der Waals surface area contributed by atoms with Crippen LogP contribution in [-0.2, 0) is 28.4 Å². The van der Waals surface area contributed by atoms with Crippen LogP contribution < -0.4 is 0 Å². The van der Waals surface area contributed by atoms with Gasteiger partial charge in [-0.05, 0) is 117 Å². The molecule has 63 heavy (non-hydrogen) atoms. The first-order valence-electron chi connectivity index (χ1n) is 23.3. The van der Waals surface area contributed by atoms with E-state index in [1.807, 2.05) is 20.8 Å². The van der Waals surface area contributed by atoms with Crippen LogP contribution in [0.15, 0.2) is 11.6 Å². The molecule has 364 valence electrons. The number of hydrogen-bond donors (Lipinski definition) is 11. The van der Waals surface area contributed by atoms with Gasteiger partial charge in [-0.3, -0.25) is 0 Å². The maximum absolute atomic E-state index is 12.5. The molecule has 0 radical (unpaired) electrons. The Bertz CT molecular complexity index is 1610. The van der Waals surface area contributed by atoms with Gasteiger partial charge in [-0.25, -0.2) is 0 Å². The highest BCUT2D eigenvalue weighted by Gasteiger charge is 2.73. The van der Waals surface area contributed by atoms with E-state index >= 15 is 0 Å². The number of aliphatic hydroxyl groups is 11. The Morgan fingerprint density at radius 2 is 1.35 bits per heavy atom. The molecule has 0 bridgehead atoms. The maximum Gasteiger partial charge on any atom is 0.187 e. The molecule has 3 heterocycles. The summed E-state index contributed by atoms with van der Waals surface area (Å²) in [4.78, 5) is 0. The second-order valence-corrected chi connectivity index (χ2v) is 22.2. The molecule has 24 atom stereocenters. The fourth-order valence-electron chi connectivity index (χ4n) is 14.3. The number of aliphatic hydroxyl groups excluding tert-OH is 11. The molecule has 0 aromatic carbocycles. The first kappa shape index (κ1) is 50.0. The summed E-state index contributed by atoms with van der Waals surface area (Å²) in [5.41, 5.74) is -1.52. The van der Waals surface area contributed by atoms with Crippen molar-refractivity contribution >= 4 is 0 Å². The minimum Gasteiger partial charge on any atom is -0.393 e. The van der Waals surface area contributed by atoms with E-state index in [0.717, 1.165) is 18.4 Å². The summed E-state index contributed by atoms with van der Waals surface area (Å²) in [7, 11) is 0. The fraction of sp³-hybridized carbons (Fsp3) is 0.957. The van der Waals surface area contributed by atoms with Crippen molar-refractivity contribution in [3.63, 3.8) is 0 Å². The Morgan fingerprint density at radius 1 is 0.698 bits per heavy atom. The Balaban J connectivity index is 1.10. The van der Waals surface area contributed by atoms with Crippen molar-refractivity contribution in [2.24, 2.45) is 45.3 Å². The number of rotatable bonds is 11. The molecule has 0 spiro atoms. The molecule has 4 saturated carbocycles. The molecule has 17 nitrogen and oxygen atoms in total. The first-order chi connectivity index (χ1) is 29.3. The zero-order valence-electron chi connectivity index (χ0n) is 38.3. The van der Waals surface area contributed by atoms with Crippen LogP contribution in [0, 0.1) is 45.3 Å². The molecular formula is C46H78O17. The van der Waals surface area contributed by atoms with Crippen LogP contribution in [0.4, 0.5) is 0 Å². The smallest absolute Gasteiger partial charge is 0.187 e. The van der Waals surface area contributed by atoms with Gasteiger partial charge in [0.05, 0.1) is 43.7 Å². The standard InChI is InChI=1S/C46H78O17/c1-21(2)10-9-13-46(8,22-11-15-44(6)30(22)23(47)16-28-43(5)14-12-29(51)42(3,4)38(43)24(48)17-45(28,44)7)63-41-35(56)33(54)32(53)27(61-41)20-60-39-36(57)37(26(50)19-58-39)62-40-34(55)31(52)25(49)18-59-40/h10,22-41,47-57H,9,11-20H2,1-8H3. The summed E-state index contributed by atoms with van der Waals surface area (Å²) >= 11 is 0. The molecule has 17 heteroatoms. The average Bonchev–Trinajstić information content (AvgIpc) is 3.59. The zero-order valence-corrected chi connectivity index (χ0v) is 38.3. The Kier molecular flexibility index (Phi) is 14.4. The van der Waals surface area contributed by atoms with Gasteiger partial charge in [0.1, 0.15) is 61.0 Å². The summed E-state index contributed by atoms with van der Waals surface area (Å²) in [5, 5.41) is 122. The molecule has 0 aromatic rings. The molecule has 11 N–H and O–H groups in total. The van der Waals surface area contributed by atoms with Crippen molar-refractivity contribution in [1.29, 1.82) is 0 Å². The topological polar surface area (TPSA) is 278 Å². The SMILES string of the molecule is CC(C)=CCCC(C)(OC1OC(COC2OCC(O)C(OC3OCC(O)C(O)C3O)C2O)C(O)C(O)C1O)C1CCC2(C)C1C(O)CC1C3(C)CCC(O)C(C)(C)C3C(O)CC12C. The highest BCUT2D eigenvalue weighted by atomic mass is 16.7. The number of fused-ring (bicyclic) bond motifs is 5. The predicted octanol–water partition coefficient (Wildman–Crippen LogP) is 0.222. The monoisotopic (exact) mass is 903 g/mol. The van der Waals surface area contributed by atoms with Gasteiger partial charge in [-0.1, -0.05) is 46.3 Å². The second-order valence-electron chi connectivity index (χ2n) is 22.2. The van der Waals surface area contributed by atoms with Gasteiger partial charge in [0.15, 0.2) is 18.9 Å². The van der Waals surface area contributed by atoms with E-state index in [9.17, 15) is 56.2 Å². The molecule has 3 saturated heterocycles. The number of allylic oxidation sites excluding steroid dienone is 2. The Labute approximate surface area is 371 Å². The van der Waals surface area contributed by atoms with Crippen molar-refractivity contribution < 1.29 is 84.6 Å². The van der Waals surface area contributed by atoms with E-state index in [1.54, 1.807) is 0 Å². The zero-order chi connectivity index (χ0) is 46.4. The van der Waals surface area contributed by atoms with Gasteiger partial charge >= 0.3 is 0 Å². The lowest BCUT2D eigenvalue weighted by Crippen LogP contribution is -2.70. The Morgan fingerprint density at radius 3 is 2.03 bits per heavy atom. The quantitative estimate of drug-likeness (QED) is 0.124. The molecule has 7 rings (SSSR count). The number of ether oxygens (including phenoxy) is 6. The minimum atomic E-state index is -1.73. The molecule has 7 fully saturated rings. The molecular weight excluding hydrogens is 824 g/mol. The summed E-state index contributed by atoms with van der Waals surface area (Å²) < 4.78 is 35.5. The first-order valence-corrected chi connectivity index (χ1v) is 23.3. The van der Waals surface area contributed by atoms with Crippen LogP contribution in [0.3, 0.4) is 0 Å². The van der Waals surface area contributed by atoms with Crippen LogP contribution in [0.5, 0.6) is 0 Å². The van der Waals surface area contributed by atoms with E-state index in [2.05, 4.69) is 40.7 Å². The van der Waals surface area contributed by atoms with E-state index < -0.39 is 121 Å². The van der Waals surface area contributed by atoms with Crippen molar-refractivity contribution in [2.45, 2.75) is 211 Å². The summed E-state index contributed by atoms with van der Waals surface area (Å²) in [6, 6.07) is 0. The van der Waals surface area contributed by atoms with E-state index in [1.165, 1.54) is 0 Å². The van der Waals surface area contributed by atoms with Crippen LogP contribution in [0.2, 0.25) is 0 Å². The highest BCUT2D eigenvalue weighted by molar-refractivity contribution is 5.22. The van der Waals surface area contributed by atoms with Gasteiger partial charge in [0, 0.05) is 0 Å².